The van der Waals surface area contributed by atoms with Crippen LogP contribution in [0, 0.1) is 0 Å². The van der Waals surface area contributed by atoms with Gasteiger partial charge in [-0.25, -0.2) is 4.98 Å². The maximum atomic E-state index is 11.0. The Kier molecular flexibility index (Phi) is 6.10. The van der Waals surface area contributed by atoms with Crippen molar-refractivity contribution in [3.63, 3.8) is 0 Å². The second-order valence-electron chi connectivity index (χ2n) is 7.29. The van der Waals surface area contributed by atoms with Crippen molar-refractivity contribution in [2.24, 2.45) is 0 Å². The van der Waals surface area contributed by atoms with Gasteiger partial charge in [0.2, 0.25) is 0 Å². The average molecular weight is 436 g/mol. The zero-order valence-electron chi connectivity index (χ0n) is 15.3. The topological polar surface area (TPSA) is 45.1 Å². The van der Waals surface area contributed by atoms with Crippen LogP contribution < -0.4 is 5.32 Å². The lowest BCUT2D eigenvalue weighted by Gasteiger charge is -2.19. The molecule has 0 bridgehead atoms. The Morgan fingerprint density at radius 1 is 1.00 bits per heavy atom. The molecule has 3 aromatic rings. The zero-order chi connectivity index (χ0) is 19.7. The van der Waals surface area contributed by atoms with Crippen molar-refractivity contribution in [1.82, 2.24) is 10.3 Å². The Balaban J connectivity index is 1.76. The summed E-state index contributed by atoms with van der Waals surface area (Å²) in [5.74, 6) is 0. The first-order valence-electron chi connectivity index (χ1n) is 9.48. The number of aliphatic hydroxyl groups excluding tert-OH is 1. The van der Waals surface area contributed by atoms with Crippen LogP contribution >= 0.6 is 34.8 Å². The van der Waals surface area contributed by atoms with Gasteiger partial charge in [-0.05, 0) is 48.7 Å². The van der Waals surface area contributed by atoms with Crippen LogP contribution in [0.2, 0.25) is 15.1 Å². The summed E-state index contributed by atoms with van der Waals surface area (Å²) in [4.78, 5) is 4.73. The molecule has 2 N–H and O–H groups in total. The normalized spacial score (nSPS) is 16.0. The smallest absolute Gasteiger partial charge is 0.0921 e. The Labute approximate surface area is 179 Å². The number of hydrogen-bond acceptors (Lipinski definition) is 3. The molecular formula is C22H21Cl3N2O. The van der Waals surface area contributed by atoms with Gasteiger partial charge in [0.15, 0.2) is 0 Å². The molecule has 1 unspecified atom stereocenters. The number of aromatic nitrogens is 1. The highest BCUT2D eigenvalue weighted by Crippen LogP contribution is 2.35. The number of rotatable bonds is 5. The lowest BCUT2D eigenvalue weighted by atomic mass is 10.00. The van der Waals surface area contributed by atoms with Gasteiger partial charge in [0.05, 0.1) is 22.3 Å². The lowest BCUT2D eigenvalue weighted by Crippen LogP contribution is -2.30. The highest BCUT2D eigenvalue weighted by Gasteiger charge is 2.20. The van der Waals surface area contributed by atoms with Gasteiger partial charge in [-0.1, -0.05) is 59.8 Å². The third-order valence-electron chi connectivity index (χ3n) is 5.32. The van der Waals surface area contributed by atoms with Crippen LogP contribution in [0.25, 0.3) is 22.2 Å². The Bertz CT molecular complexity index is 985. The molecule has 0 radical (unpaired) electrons. The van der Waals surface area contributed by atoms with Crippen LogP contribution in [-0.2, 0) is 0 Å². The van der Waals surface area contributed by atoms with Crippen molar-refractivity contribution < 1.29 is 5.11 Å². The van der Waals surface area contributed by atoms with Gasteiger partial charge in [0.25, 0.3) is 0 Å². The van der Waals surface area contributed by atoms with Crippen LogP contribution in [0.4, 0.5) is 0 Å². The number of hydrogen-bond donors (Lipinski definition) is 2. The summed E-state index contributed by atoms with van der Waals surface area (Å²) in [6.07, 6.45) is 4.14. The molecule has 1 aliphatic carbocycles. The molecule has 2 aromatic carbocycles. The third kappa shape index (κ3) is 4.29. The number of aliphatic hydroxyl groups is 1. The van der Waals surface area contributed by atoms with Gasteiger partial charge >= 0.3 is 0 Å². The number of benzene rings is 2. The monoisotopic (exact) mass is 434 g/mol. The number of halogens is 3. The predicted molar refractivity (Wildman–Crippen MR) is 117 cm³/mol. The van der Waals surface area contributed by atoms with Crippen LogP contribution in [-0.4, -0.2) is 22.7 Å². The second kappa shape index (κ2) is 8.56. The minimum Gasteiger partial charge on any atom is -0.387 e. The van der Waals surface area contributed by atoms with E-state index in [4.69, 9.17) is 39.8 Å². The quantitative estimate of drug-likeness (QED) is 0.485. The van der Waals surface area contributed by atoms with Gasteiger partial charge in [-0.2, -0.15) is 0 Å². The molecule has 146 valence electrons. The van der Waals surface area contributed by atoms with Gasteiger partial charge in [0, 0.05) is 33.6 Å². The fourth-order valence-electron chi connectivity index (χ4n) is 3.84. The van der Waals surface area contributed by atoms with E-state index in [-0.39, 0.29) is 0 Å². The minimum absolute atomic E-state index is 0.468. The molecule has 0 spiro atoms. The molecular weight excluding hydrogens is 415 g/mol. The van der Waals surface area contributed by atoms with E-state index >= 15 is 0 Å². The highest BCUT2D eigenvalue weighted by molar-refractivity contribution is 6.38. The molecule has 3 nitrogen and oxygen atoms in total. The van der Waals surface area contributed by atoms with Crippen molar-refractivity contribution in [3.05, 3.63) is 63.1 Å². The molecule has 4 rings (SSSR count). The number of nitrogens with one attached hydrogen (secondary N) is 1. The van der Waals surface area contributed by atoms with Crippen LogP contribution in [0.15, 0.2) is 42.5 Å². The molecule has 0 amide bonds. The van der Waals surface area contributed by atoms with E-state index in [0.29, 0.717) is 33.2 Å². The summed E-state index contributed by atoms with van der Waals surface area (Å²) in [5, 5.41) is 16.9. The van der Waals surface area contributed by atoms with Crippen molar-refractivity contribution >= 4 is 45.7 Å². The number of pyridine rings is 1. The summed E-state index contributed by atoms with van der Waals surface area (Å²) in [5.41, 5.74) is 3.05. The van der Waals surface area contributed by atoms with Gasteiger partial charge in [-0.3, -0.25) is 0 Å². The Morgan fingerprint density at radius 2 is 1.71 bits per heavy atom. The van der Waals surface area contributed by atoms with E-state index in [1.165, 1.54) is 12.8 Å². The molecule has 1 atom stereocenters. The van der Waals surface area contributed by atoms with E-state index in [1.54, 1.807) is 6.07 Å². The number of nitrogens with zero attached hydrogens (tertiary/aromatic N) is 1. The van der Waals surface area contributed by atoms with Crippen molar-refractivity contribution in [1.29, 1.82) is 0 Å². The standard InChI is InChI=1S/C22H21Cl3N2O/c23-14-7-5-13(6-8-14)20-11-17(21(28)12-26-16-3-1-2-4-16)18-9-15(24)10-19(25)22(18)27-20/h5-11,16,21,26,28H,1-4,12H2. The molecule has 6 heteroatoms. The number of fused-ring (bicyclic) bond motifs is 1. The SMILES string of the molecule is OC(CNC1CCCC1)c1cc(-c2ccc(Cl)cc2)nc2c(Cl)cc(Cl)cc12. The molecule has 1 heterocycles. The first-order chi connectivity index (χ1) is 13.5. The van der Waals surface area contributed by atoms with Crippen molar-refractivity contribution in [2.75, 3.05) is 6.54 Å². The second-order valence-corrected chi connectivity index (χ2v) is 8.57. The van der Waals surface area contributed by atoms with E-state index in [2.05, 4.69) is 5.32 Å². The van der Waals surface area contributed by atoms with Crippen LogP contribution in [0.1, 0.15) is 37.4 Å². The third-order valence-corrected chi connectivity index (χ3v) is 6.08. The zero-order valence-corrected chi connectivity index (χ0v) is 17.5. The fraction of sp³-hybridized carbons (Fsp3) is 0.318. The molecule has 0 aliphatic heterocycles. The Hall–Kier alpha value is -1.36. The lowest BCUT2D eigenvalue weighted by molar-refractivity contribution is 0.171. The maximum absolute atomic E-state index is 11.0. The summed E-state index contributed by atoms with van der Waals surface area (Å²) >= 11 is 18.7. The summed E-state index contributed by atoms with van der Waals surface area (Å²) in [7, 11) is 0. The van der Waals surface area contributed by atoms with Gasteiger partial charge in [0.1, 0.15) is 0 Å². The molecule has 1 fully saturated rings. The fourth-order valence-corrected chi connectivity index (χ4v) is 4.50. The predicted octanol–water partition coefficient (Wildman–Crippen LogP) is 6.43. The Morgan fingerprint density at radius 3 is 2.43 bits per heavy atom. The molecule has 0 saturated heterocycles. The van der Waals surface area contributed by atoms with E-state index in [0.717, 1.165) is 35.0 Å². The largest absolute Gasteiger partial charge is 0.387 e. The molecule has 1 saturated carbocycles. The summed E-state index contributed by atoms with van der Waals surface area (Å²) in [6.45, 7) is 0.480. The van der Waals surface area contributed by atoms with E-state index in [9.17, 15) is 5.11 Å². The van der Waals surface area contributed by atoms with Crippen molar-refractivity contribution in [3.8, 4) is 11.3 Å². The summed E-state index contributed by atoms with van der Waals surface area (Å²) < 4.78 is 0. The summed E-state index contributed by atoms with van der Waals surface area (Å²) in [6, 6.07) is 13.4. The van der Waals surface area contributed by atoms with Crippen LogP contribution in [0.3, 0.4) is 0 Å². The van der Waals surface area contributed by atoms with Gasteiger partial charge in [-0.15, -0.1) is 0 Å². The van der Waals surface area contributed by atoms with Crippen LogP contribution in [0.5, 0.6) is 0 Å². The average Bonchev–Trinajstić information content (AvgIpc) is 3.20. The van der Waals surface area contributed by atoms with E-state index in [1.807, 2.05) is 36.4 Å². The molecule has 1 aromatic heterocycles. The molecule has 1 aliphatic rings. The molecule has 28 heavy (non-hydrogen) atoms. The van der Waals surface area contributed by atoms with Crippen molar-refractivity contribution in [2.45, 2.75) is 37.8 Å². The van der Waals surface area contributed by atoms with E-state index < -0.39 is 6.10 Å². The maximum Gasteiger partial charge on any atom is 0.0921 e. The highest BCUT2D eigenvalue weighted by atomic mass is 35.5. The first kappa shape index (κ1) is 19.9. The minimum atomic E-state index is -0.688. The van der Waals surface area contributed by atoms with Gasteiger partial charge < -0.3 is 10.4 Å². The first-order valence-corrected chi connectivity index (χ1v) is 10.6.